The molecule has 4 rings (SSSR count). The molecule has 0 saturated carbocycles. The summed E-state index contributed by atoms with van der Waals surface area (Å²) in [5.74, 6) is -0.791. The number of aromatic nitrogens is 2. The zero-order valence-corrected chi connectivity index (χ0v) is 14.9. The van der Waals surface area contributed by atoms with Gasteiger partial charge < -0.3 is 10.1 Å². The summed E-state index contributed by atoms with van der Waals surface area (Å²) in [6.45, 7) is 2.60. The van der Waals surface area contributed by atoms with Crippen molar-refractivity contribution in [3.63, 3.8) is 0 Å². The highest BCUT2D eigenvalue weighted by Crippen LogP contribution is 2.28. The smallest absolute Gasteiger partial charge is 0.241 e. The second kappa shape index (κ2) is 8.01. The molecule has 138 valence electrons. The van der Waals surface area contributed by atoms with Gasteiger partial charge >= 0.3 is 0 Å². The highest BCUT2D eigenvalue weighted by molar-refractivity contribution is 5.86. The zero-order valence-electron chi connectivity index (χ0n) is 14.1. The predicted molar refractivity (Wildman–Crippen MR) is 99.3 cm³/mol. The summed E-state index contributed by atoms with van der Waals surface area (Å²) in [5, 5.41) is 8.73. The van der Waals surface area contributed by atoms with Crippen LogP contribution in [0.15, 0.2) is 42.5 Å². The first-order valence-electron chi connectivity index (χ1n) is 8.49. The Bertz CT molecular complexity index is 894. The molecule has 0 spiro atoms. The van der Waals surface area contributed by atoms with Gasteiger partial charge in [-0.05, 0) is 43.7 Å². The molecule has 2 heterocycles. The number of halogens is 3. The molecule has 26 heavy (non-hydrogen) atoms. The van der Waals surface area contributed by atoms with Gasteiger partial charge in [0.25, 0.3) is 0 Å². The minimum absolute atomic E-state index is 0. The molecule has 2 aromatic carbocycles. The maximum atomic E-state index is 13.6. The minimum Gasteiger partial charge on any atom is -0.476 e. The van der Waals surface area contributed by atoms with Crippen LogP contribution in [0.3, 0.4) is 0 Å². The van der Waals surface area contributed by atoms with Crippen LogP contribution in [0.1, 0.15) is 12.8 Å². The van der Waals surface area contributed by atoms with Crippen molar-refractivity contribution in [2.24, 2.45) is 5.92 Å². The Balaban J connectivity index is 0.00000196. The fourth-order valence-corrected chi connectivity index (χ4v) is 3.22. The molecule has 4 nitrogen and oxygen atoms in total. The van der Waals surface area contributed by atoms with Gasteiger partial charge in [-0.2, -0.15) is 0 Å². The van der Waals surface area contributed by atoms with Crippen LogP contribution in [0.25, 0.3) is 16.6 Å². The molecule has 1 saturated heterocycles. The van der Waals surface area contributed by atoms with Crippen molar-refractivity contribution >= 4 is 23.3 Å². The normalized spacial score (nSPS) is 17.1. The molecule has 1 aliphatic rings. The lowest BCUT2D eigenvalue weighted by Crippen LogP contribution is -2.33. The number of benzene rings is 2. The third-order valence-corrected chi connectivity index (χ3v) is 4.56. The first-order chi connectivity index (χ1) is 12.2. The van der Waals surface area contributed by atoms with E-state index in [0.717, 1.165) is 49.0 Å². The second-order valence-corrected chi connectivity index (χ2v) is 6.36. The Morgan fingerprint density at radius 2 is 2.00 bits per heavy atom. The molecule has 1 N–H and O–H groups in total. The van der Waals surface area contributed by atoms with Gasteiger partial charge in [-0.1, -0.05) is 12.1 Å². The van der Waals surface area contributed by atoms with E-state index >= 15 is 0 Å². The molecule has 0 amide bonds. The molecule has 0 bridgehead atoms. The van der Waals surface area contributed by atoms with E-state index in [4.69, 9.17) is 4.74 Å². The third-order valence-electron chi connectivity index (χ3n) is 4.56. The molecule has 3 aromatic rings. The lowest BCUT2D eigenvalue weighted by Gasteiger charge is -2.22. The van der Waals surface area contributed by atoms with E-state index in [1.807, 2.05) is 24.3 Å². The van der Waals surface area contributed by atoms with Gasteiger partial charge in [0.2, 0.25) is 5.88 Å². The van der Waals surface area contributed by atoms with Crippen molar-refractivity contribution < 1.29 is 13.5 Å². The lowest BCUT2D eigenvalue weighted by atomic mass is 10.0. The number of hydrogen-bond acceptors (Lipinski definition) is 3. The van der Waals surface area contributed by atoms with Crippen LogP contribution in [0.2, 0.25) is 0 Å². The molecule has 1 fully saturated rings. The van der Waals surface area contributed by atoms with Crippen LogP contribution in [-0.4, -0.2) is 29.5 Å². The van der Waals surface area contributed by atoms with E-state index in [0.29, 0.717) is 24.1 Å². The highest BCUT2D eigenvalue weighted by Gasteiger charge is 2.17. The summed E-state index contributed by atoms with van der Waals surface area (Å²) < 4.78 is 34.4. The molecule has 1 aromatic heterocycles. The first kappa shape index (κ1) is 18.6. The first-order valence-corrected chi connectivity index (χ1v) is 8.49. The SMILES string of the molecule is Cl.Fc1ccc(-n2nc(OC[C@H]3CCCNC3)c3ccccc32)cc1F. The largest absolute Gasteiger partial charge is 0.476 e. The summed E-state index contributed by atoms with van der Waals surface area (Å²) in [7, 11) is 0. The average Bonchev–Trinajstić information content (AvgIpc) is 3.02. The third kappa shape index (κ3) is 3.66. The second-order valence-electron chi connectivity index (χ2n) is 6.36. The van der Waals surface area contributed by atoms with Crippen molar-refractivity contribution in [3.05, 3.63) is 54.1 Å². The summed E-state index contributed by atoms with van der Waals surface area (Å²) in [5.41, 5.74) is 1.26. The highest BCUT2D eigenvalue weighted by atomic mass is 35.5. The van der Waals surface area contributed by atoms with Gasteiger partial charge in [0.15, 0.2) is 11.6 Å². The topological polar surface area (TPSA) is 39.1 Å². The zero-order chi connectivity index (χ0) is 17.2. The Kier molecular flexibility index (Phi) is 5.74. The van der Waals surface area contributed by atoms with E-state index in [9.17, 15) is 8.78 Å². The number of piperidine rings is 1. The quantitative estimate of drug-likeness (QED) is 0.741. The molecule has 7 heteroatoms. The van der Waals surface area contributed by atoms with Crippen LogP contribution >= 0.6 is 12.4 Å². The van der Waals surface area contributed by atoms with E-state index < -0.39 is 11.6 Å². The summed E-state index contributed by atoms with van der Waals surface area (Å²) in [6, 6.07) is 11.4. The van der Waals surface area contributed by atoms with E-state index in [2.05, 4.69) is 10.4 Å². The molecule has 0 radical (unpaired) electrons. The number of nitrogens with zero attached hydrogens (tertiary/aromatic N) is 2. The molecule has 0 aliphatic carbocycles. The lowest BCUT2D eigenvalue weighted by molar-refractivity contribution is 0.213. The molecule has 1 aliphatic heterocycles. The standard InChI is InChI=1S/C19H19F2N3O.ClH/c20-16-8-7-14(10-17(16)21)24-18-6-2-1-5-15(18)19(23-24)25-12-13-4-3-9-22-11-13;/h1-2,5-8,10,13,22H,3-4,9,11-12H2;1H/t13-;/m0./s1. The molecule has 1 atom stereocenters. The minimum atomic E-state index is -0.896. The number of ether oxygens (including phenoxy) is 1. The maximum Gasteiger partial charge on any atom is 0.241 e. The van der Waals surface area contributed by atoms with Crippen molar-refractivity contribution in [2.45, 2.75) is 12.8 Å². The number of para-hydroxylation sites is 1. The van der Waals surface area contributed by atoms with Crippen LogP contribution < -0.4 is 10.1 Å². The van der Waals surface area contributed by atoms with Gasteiger partial charge in [-0.15, -0.1) is 17.5 Å². The Labute approximate surface area is 156 Å². The van der Waals surface area contributed by atoms with Crippen LogP contribution in [0.5, 0.6) is 5.88 Å². The summed E-state index contributed by atoms with van der Waals surface area (Å²) in [4.78, 5) is 0. The van der Waals surface area contributed by atoms with E-state index in [1.165, 1.54) is 6.07 Å². The summed E-state index contributed by atoms with van der Waals surface area (Å²) >= 11 is 0. The van der Waals surface area contributed by atoms with Crippen LogP contribution in [0.4, 0.5) is 8.78 Å². The van der Waals surface area contributed by atoms with Crippen molar-refractivity contribution in [1.29, 1.82) is 0 Å². The van der Waals surface area contributed by atoms with Gasteiger partial charge in [-0.25, -0.2) is 13.5 Å². The average molecular weight is 380 g/mol. The molecular weight excluding hydrogens is 360 g/mol. The fraction of sp³-hybridized carbons (Fsp3) is 0.316. The van der Waals surface area contributed by atoms with E-state index in [-0.39, 0.29) is 12.4 Å². The van der Waals surface area contributed by atoms with Crippen molar-refractivity contribution in [1.82, 2.24) is 15.1 Å². The maximum absolute atomic E-state index is 13.6. The number of fused-ring (bicyclic) bond motifs is 1. The predicted octanol–water partition coefficient (Wildman–Crippen LogP) is 4.10. The van der Waals surface area contributed by atoms with Gasteiger partial charge in [0.1, 0.15) is 0 Å². The monoisotopic (exact) mass is 379 g/mol. The summed E-state index contributed by atoms with van der Waals surface area (Å²) in [6.07, 6.45) is 2.28. The number of rotatable bonds is 4. The van der Waals surface area contributed by atoms with Crippen molar-refractivity contribution in [2.75, 3.05) is 19.7 Å². The van der Waals surface area contributed by atoms with Gasteiger partial charge in [0, 0.05) is 18.5 Å². The Morgan fingerprint density at radius 3 is 2.77 bits per heavy atom. The van der Waals surface area contributed by atoms with E-state index in [1.54, 1.807) is 4.68 Å². The Morgan fingerprint density at radius 1 is 1.15 bits per heavy atom. The van der Waals surface area contributed by atoms with Gasteiger partial charge in [0.05, 0.1) is 23.2 Å². The fourth-order valence-electron chi connectivity index (χ4n) is 3.22. The Hall–Kier alpha value is -2.18. The number of nitrogens with one attached hydrogen (secondary N) is 1. The van der Waals surface area contributed by atoms with Gasteiger partial charge in [-0.3, -0.25) is 0 Å². The molecule has 0 unspecified atom stereocenters. The van der Waals surface area contributed by atoms with Crippen molar-refractivity contribution in [3.8, 4) is 11.6 Å². The van der Waals surface area contributed by atoms with Crippen LogP contribution in [0, 0.1) is 17.6 Å². The molecular formula is C19H20ClF2N3O. The van der Waals surface area contributed by atoms with Crippen LogP contribution in [-0.2, 0) is 0 Å². The number of hydrogen-bond donors (Lipinski definition) is 1.